The van der Waals surface area contributed by atoms with E-state index in [-0.39, 0.29) is 5.91 Å². The van der Waals surface area contributed by atoms with Crippen molar-refractivity contribution in [1.82, 2.24) is 5.16 Å². The third-order valence-electron chi connectivity index (χ3n) is 2.28. The number of aryl methyl sites for hydroxylation is 1. The Labute approximate surface area is 98.6 Å². The fourth-order valence-electron chi connectivity index (χ4n) is 1.40. The number of nitrogens with one attached hydrogen (secondary N) is 1. The molecule has 1 aromatic heterocycles. The van der Waals surface area contributed by atoms with E-state index < -0.39 is 0 Å². The van der Waals surface area contributed by atoms with Crippen LogP contribution in [0.15, 0.2) is 35.0 Å². The lowest BCUT2D eigenvalue weighted by Gasteiger charge is -2.03. The molecule has 0 saturated heterocycles. The van der Waals surface area contributed by atoms with Crippen LogP contribution in [0, 0.1) is 19.3 Å². The van der Waals surface area contributed by atoms with Crippen molar-refractivity contribution in [3.05, 3.63) is 47.3 Å². The number of rotatable bonds is 2. The summed E-state index contributed by atoms with van der Waals surface area (Å²) in [6, 6.07) is 7.06. The van der Waals surface area contributed by atoms with E-state index in [1.165, 1.54) is 6.20 Å². The first-order valence-corrected chi connectivity index (χ1v) is 5.00. The second-order valence-corrected chi connectivity index (χ2v) is 3.47. The second kappa shape index (κ2) is 4.54. The fraction of sp³-hybridized carbons (Fsp3) is 0.0769. The van der Waals surface area contributed by atoms with Gasteiger partial charge in [-0.15, -0.1) is 6.42 Å². The first-order chi connectivity index (χ1) is 8.20. The molecule has 1 N–H and O–H groups in total. The SMILES string of the molecule is C#Cc1cccc(NC(=O)c2cnoc2C)c1. The van der Waals surface area contributed by atoms with E-state index in [9.17, 15) is 4.79 Å². The van der Waals surface area contributed by atoms with E-state index in [1.807, 2.05) is 0 Å². The maximum atomic E-state index is 11.8. The molecule has 0 bridgehead atoms. The lowest BCUT2D eigenvalue weighted by molar-refractivity contribution is 0.102. The molecule has 4 nitrogen and oxygen atoms in total. The van der Waals surface area contributed by atoms with Crippen LogP contribution in [0.2, 0.25) is 0 Å². The zero-order valence-electron chi connectivity index (χ0n) is 9.23. The number of carbonyl (C=O) groups excluding carboxylic acids is 1. The Balaban J connectivity index is 2.19. The number of nitrogens with zero attached hydrogens (tertiary/aromatic N) is 1. The van der Waals surface area contributed by atoms with Gasteiger partial charge in [0.15, 0.2) is 0 Å². The molecule has 0 spiro atoms. The number of terminal acetylenes is 1. The van der Waals surface area contributed by atoms with Crippen molar-refractivity contribution in [3.8, 4) is 12.3 Å². The highest BCUT2D eigenvalue weighted by atomic mass is 16.5. The summed E-state index contributed by atoms with van der Waals surface area (Å²) in [5, 5.41) is 6.28. The van der Waals surface area contributed by atoms with Gasteiger partial charge in [0, 0.05) is 11.3 Å². The normalized spacial score (nSPS) is 9.65. The van der Waals surface area contributed by atoms with E-state index in [2.05, 4.69) is 16.4 Å². The first-order valence-electron chi connectivity index (χ1n) is 5.00. The molecule has 1 heterocycles. The monoisotopic (exact) mass is 226 g/mol. The molecule has 1 amide bonds. The second-order valence-electron chi connectivity index (χ2n) is 3.47. The van der Waals surface area contributed by atoms with Gasteiger partial charge < -0.3 is 9.84 Å². The van der Waals surface area contributed by atoms with Gasteiger partial charge in [0.25, 0.3) is 5.91 Å². The molecule has 0 fully saturated rings. The van der Waals surface area contributed by atoms with Gasteiger partial charge in [-0.3, -0.25) is 4.79 Å². The number of anilines is 1. The van der Waals surface area contributed by atoms with Gasteiger partial charge in [0.2, 0.25) is 0 Å². The molecule has 0 aliphatic heterocycles. The number of hydrogen-bond acceptors (Lipinski definition) is 3. The van der Waals surface area contributed by atoms with E-state index in [4.69, 9.17) is 10.9 Å². The molecule has 2 rings (SSSR count). The maximum Gasteiger partial charge on any atom is 0.260 e. The van der Waals surface area contributed by atoms with Crippen molar-refractivity contribution in [1.29, 1.82) is 0 Å². The van der Waals surface area contributed by atoms with Gasteiger partial charge in [0.05, 0.1) is 6.20 Å². The molecule has 17 heavy (non-hydrogen) atoms. The summed E-state index contributed by atoms with van der Waals surface area (Å²) in [5.41, 5.74) is 1.77. The zero-order chi connectivity index (χ0) is 12.3. The summed E-state index contributed by atoms with van der Waals surface area (Å²) in [5.74, 6) is 2.72. The van der Waals surface area contributed by atoms with Crippen LogP contribution in [0.4, 0.5) is 5.69 Å². The van der Waals surface area contributed by atoms with Gasteiger partial charge in [0.1, 0.15) is 11.3 Å². The first kappa shape index (κ1) is 11.0. The van der Waals surface area contributed by atoms with Crippen LogP contribution in [0.25, 0.3) is 0 Å². The van der Waals surface area contributed by atoms with Gasteiger partial charge >= 0.3 is 0 Å². The van der Waals surface area contributed by atoms with Crippen LogP contribution in [0.1, 0.15) is 21.7 Å². The largest absolute Gasteiger partial charge is 0.361 e. The summed E-state index contributed by atoms with van der Waals surface area (Å²) in [6.45, 7) is 1.68. The average molecular weight is 226 g/mol. The van der Waals surface area contributed by atoms with Crippen molar-refractivity contribution in [3.63, 3.8) is 0 Å². The molecule has 0 radical (unpaired) electrons. The number of amides is 1. The molecular weight excluding hydrogens is 216 g/mol. The van der Waals surface area contributed by atoms with Crippen LogP contribution >= 0.6 is 0 Å². The Kier molecular flexibility index (Phi) is 2.93. The van der Waals surface area contributed by atoms with Crippen LogP contribution < -0.4 is 5.32 Å². The van der Waals surface area contributed by atoms with E-state index >= 15 is 0 Å². The number of carbonyl (C=O) groups is 1. The summed E-state index contributed by atoms with van der Waals surface area (Å²) in [7, 11) is 0. The number of benzene rings is 1. The standard InChI is InChI=1S/C13H10N2O2/c1-3-10-5-4-6-11(7-10)15-13(16)12-8-14-17-9(12)2/h1,4-8H,2H3,(H,15,16). The van der Waals surface area contributed by atoms with E-state index in [0.29, 0.717) is 22.6 Å². The molecule has 0 aliphatic carbocycles. The highest BCUT2D eigenvalue weighted by Crippen LogP contribution is 2.13. The Morgan fingerprint density at radius 3 is 3.00 bits per heavy atom. The molecule has 84 valence electrons. The maximum absolute atomic E-state index is 11.8. The van der Waals surface area contributed by atoms with Gasteiger partial charge in [-0.1, -0.05) is 17.1 Å². The third kappa shape index (κ3) is 2.34. The smallest absolute Gasteiger partial charge is 0.260 e. The predicted octanol–water partition coefficient (Wildman–Crippen LogP) is 2.22. The lowest BCUT2D eigenvalue weighted by Crippen LogP contribution is -2.12. The number of aromatic nitrogens is 1. The minimum Gasteiger partial charge on any atom is -0.361 e. The molecular formula is C13H10N2O2. The van der Waals surface area contributed by atoms with Crippen LogP contribution in [0.3, 0.4) is 0 Å². The minimum absolute atomic E-state index is 0.266. The van der Waals surface area contributed by atoms with Crippen LogP contribution in [-0.4, -0.2) is 11.1 Å². The Bertz CT molecular complexity index is 593. The van der Waals surface area contributed by atoms with Crippen LogP contribution in [-0.2, 0) is 0 Å². The molecule has 4 heteroatoms. The quantitative estimate of drug-likeness (QED) is 0.799. The fourth-order valence-corrected chi connectivity index (χ4v) is 1.40. The molecule has 0 unspecified atom stereocenters. The van der Waals surface area contributed by atoms with Crippen LogP contribution in [0.5, 0.6) is 0 Å². The lowest BCUT2D eigenvalue weighted by atomic mass is 10.2. The Hall–Kier alpha value is -2.54. The summed E-state index contributed by atoms with van der Waals surface area (Å²) >= 11 is 0. The van der Waals surface area contributed by atoms with Crippen molar-refractivity contribution < 1.29 is 9.32 Å². The number of hydrogen-bond donors (Lipinski definition) is 1. The van der Waals surface area contributed by atoms with Crippen molar-refractivity contribution in [2.75, 3.05) is 5.32 Å². The molecule has 1 aromatic carbocycles. The van der Waals surface area contributed by atoms with Crippen molar-refractivity contribution in [2.45, 2.75) is 6.92 Å². The van der Waals surface area contributed by atoms with Crippen molar-refractivity contribution in [2.24, 2.45) is 0 Å². The summed E-state index contributed by atoms with van der Waals surface area (Å²) in [6.07, 6.45) is 6.67. The summed E-state index contributed by atoms with van der Waals surface area (Å²) < 4.78 is 4.83. The Morgan fingerprint density at radius 2 is 2.35 bits per heavy atom. The zero-order valence-corrected chi connectivity index (χ0v) is 9.23. The minimum atomic E-state index is -0.266. The van der Waals surface area contributed by atoms with E-state index in [0.717, 1.165) is 0 Å². The average Bonchev–Trinajstić information content (AvgIpc) is 2.76. The van der Waals surface area contributed by atoms with Gasteiger partial charge in [-0.05, 0) is 25.1 Å². The molecule has 0 saturated carbocycles. The third-order valence-corrected chi connectivity index (χ3v) is 2.28. The molecule has 2 aromatic rings. The topological polar surface area (TPSA) is 55.1 Å². The molecule has 0 atom stereocenters. The summed E-state index contributed by atoms with van der Waals surface area (Å²) in [4.78, 5) is 11.8. The van der Waals surface area contributed by atoms with Gasteiger partial charge in [-0.25, -0.2) is 0 Å². The predicted molar refractivity (Wildman–Crippen MR) is 63.6 cm³/mol. The van der Waals surface area contributed by atoms with E-state index in [1.54, 1.807) is 31.2 Å². The Morgan fingerprint density at radius 1 is 1.53 bits per heavy atom. The van der Waals surface area contributed by atoms with Gasteiger partial charge in [-0.2, -0.15) is 0 Å². The van der Waals surface area contributed by atoms with Crippen molar-refractivity contribution >= 4 is 11.6 Å². The highest BCUT2D eigenvalue weighted by molar-refractivity contribution is 6.04. The molecule has 0 aliphatic rings. The highest BCUT2D eigenvalue weighted by Gasteiger charge is 2.12.